The van der Waals surface area contributed by atoms with Gasteiger partial charge in [0, 0.05) is 25.1 Å². The summed E-state index contributed by atoms with van der Waals surface area (Å²) in [5.74, 6) is 0.408. The maximum Gasteiger partial charge on any atom is 0.266 e. The molecule has 1 amide bonds. The lowest BCUT2D eigenvalue weighted by Gasteiger charge is -2.41. The fourth-order valence-corrected chi connectivity index (χ4v) is 3.25. The van der Waals surface area contributed by atoms with Gasteiger partial charge in [0.15, 0.2) is 0 Å². The molecule has 1 saturated heterocycles. The molecular formula is C19H23N3O2. The third kappa shape index (κ3) is 3.40. The van der Waals surface area contributed by atoms with Crippen molar-refractivity contribution in [3.8, 4) is 0 Å². The van der Waals surface area contributed by atoms with E-state index in [1.807, 2.05) is 49.1 Å². The van der Waals surface area contributed by atoms with Crippen molar-refractivity contribution >= 4 is 5.91 Å². The molecule has 2 aromatic rings. The van der Waals surface area contributed by atoms with Crippen LogP contribution in [0.15, 0.2) is 47.3 Å². The molecule has 2 heterocycles. The summed E-state index contributed by atoms with van der Waals surface area (Å²) in [7, 11) is 0. The van der Waals surface area contributed by atoms with Gasteiger partial charge in [0.1, 0.15) is 0 Å². The van der Waals surface area contributed by atoms with Crippen molar-refractivity contribution in [3.05, 3.63) is 64.1 Å². The monoisotopic (exact) mass is 325 g/mol. The molecule has 126 valence electrons. The van der Waals surface area contributed by atoms with E-state index in [4.69, 9.17) is 0 Å². The second kappa shape index (κ2) is 6.99. The van der Waals surface area contributed by atoms with E-state index < -0.39 is 0 Å². The van der Waals surface area contributed by atoms with Crippen LogP contribution in [0.2, 0.25) is 0 Å². The lowest BCUT2D eigenvalue weighted by Crippen LogP contribution is -2.53. The van der Waals surface area contributed by atoms with Crippen LogP contribution >= 0.6 is 0 Å². The first-order chi connectivity index (χ1) is 11.6. The quantitative estimate of drug-likeness (QED) is 0.847. The zero-order chi connectivity index (χ0) is 17.1. The highest BCUT2D eigenvalue weighted by Crippen LogP contribution is 2.26. The number of carbonyl (C=O) groups excluding carboxylic acids is 1. The number of benzene rings is 1. The molecule has 0 bridgehead atoms. The van der Waals surface area contributed by atoms with Crippen LogP contribution in [0.1, 0.15) is 30.5 Å². The van der Waals surface area contributed by atoms with Crippen molar-refractivity contribution in [2.24, 2.45) is 5.92 Å². The van der Waals surface area contributed by atoms with Crippen LogP contribution in [-0.4, -0.2) is 33.7 Å². The third-order valence-corrected chi connectivity index (χ3v) is 4.61. The van der Waals surface area contributed by atoms with Crippen molar-refractivity contribution in [2.75, 3.05) is 13.1 Å². The molecule has 24 heavy (non-hydrogen) atoms. The smallest absolute Gasteiger partial charge is 0.266 e. The fraction of sp³-hybridized carbons (Fsp3) is 0.421. The Balaban J connectivity index is 1.60. The predicted octanol–water partition coefficient (Wildman–Crippen LogP) is 2.20. The van der Waals surface area contributed by atoms with Gasteiger partial charge in [-0.05, 0) is 25.0 Å². The average Bonchev–Trinajstić information content (AvgIpc) is 2.55. The summed E-state index contributed by atoms with van der Waals surface area (Å²) in [6.45, 7) is 5.89. The van der Waals surface area contributed by atoms with Crippen molar-refractivity contribution < 1.29 is 4.79 Å². The lowest BCUT2D eigenvalue weighted by molar-refractivity contribution is -0.139. The van der Waals surface area contributed by atoms with E-state index >= 15 is 0 Å². The highest BCUT2D eigenvalue weighted by Gasteiger charge is 2.34. The van der Waals surface area contributed by atoms with Crippen LogP contribution < -0.4 is 5.56 Å². The highest BCUT2D eigenvalue weighted by atomic mass is 16.2. The summed E-state index contributed by atoms with van der Waals surface area (Å²) >= 11 is 0. The minimum Gasteiger partial charge on any atom is -0.341 e. The van der Waals surface area contributed by atoms with E-state index in [1.165, 1.54) is 4.68 Å². The molecule has 1 fully saturated rings. The number of hydrogen-bond acceptors (Lipinski definition) is 3. The van der Waals surface area contributed by atoms with Gasteiger partial charge in [-0.25, -0.2) is 4.68 Å². The van der Waals surface area contributed by atoms with Gasteiger partial charge in [0.2, 0.25) is 5.91 Å². The Bertz CT molecular complexity index is 764. The van der Waals surface area contributed by atoms with Crippen molar-refractivity contribution in [1.29, 1.82) is 0 Å². The van der Waals surface area contributed by atoms with Gasteiger partial charge in [0.25, 0.3) is 5.56 Å². The first-order valence-corrected chi connectivity index (χ1v) is 8.47. The topological polar surface area (TPSA) is 55.2 Å². The highest BCUT2D eigenvalue weighted by molar-refractivity contribution is 5.84. The summed E-state index contributed by atoms with van der Waals surface area (Å²) in [6.07, 6.45) is 0.795. The average molecular weight is 325 g/mol. The molecule has 0 saturated carbocycles. The van der Waals surface area contributed by atoms with Crippen LogP contribution in [-0.2, 0) is 11.3 Å². The zero-order valence-corrected chi connectivity index (χ0v) is 14.2. The van der Waals surface area contributed by atoms with E-state index in [-0.39, 0.29) is 17.4 Å². The maximum absolute atomic E-state index is 12.7. The molecule has 1 aromatic carbocycles. The van der Waals surface area contributed by atoms with E-state index in [0.717, 1.165) is 17.7 Å². The number of nitrogens with zero attached hydrogens (tertiary/aromatic N) is 3. The number of aryl methyl sites for hydroxylation is 1. The number of likely N-dealkylation sites (tertiary alicyclic amines) is 1. The molecule has 1 atom stereocenters. The van der Waals surface area contributed by atoms with Crippen LogP contribution in [0.25, 0.3) is 0 Å². The molecule has 5 nitrogen and oxygen atoms in total. The molecule has 3 rings (SSSR count). The summed E-state index contributed by atoms with van der Waals surface area (Å²) < 4.78 is 1.51. The van der Waals surface area contributed by atoms with Gasteiger partial charge in [-0.15, -0.1) is 0 Å². The predicted molar refractivity (Wildman–Crippen MR) is 92.8 cm³/mol. The van der Waals surface area contributed by atoms with Gasteiger partial charge in [-0.2, -0.15) is 5.10 Å². The molecule has 5 heteroatoms. The number of amides is 1. The van der Waals surface area contributed by atoms with Gasteiger partial charge in [0.05, 0.1) is 18.2 Å². The Morgan fingerprint density at radius 1 is 1.21 bits per heavy atom. The normalized spacial score (nSPS) is 15.8. The Morgan fingerprint density at radius 3 is 2.58 bits per heavy atom. The fourth-order valence-electron chi connectivity index (χ4n) is 3.25. The second-order valence-electron chi connectivity index (χ2n) is 6.48. The van der Waals surface area contributed by atoms with Crippen molar-refractivity contribution in [3.63, 3.8) is 0 Å². The van der Waals surface area contributed by atoms with Crippen molar-refractivity contribution in [2.45, 2.75) is 32.7 Å². The van der Waals surface area contributed by atoms with Crippen LogP contribution in [0.4, 0.5) is 0 Å². The molecule has 0 aliphatic carbocycles. The Kier molecular flexibility index (Phi) is 4.79. The van der Waals surface area contributed by atoms with Gasteiger partial charge < -0.3 is 4.90 Å². The first kappa shape index (κ1) is 16.4. The molecule has 1 aliphatic heterocycles. The lowest BCUT2D eigenvalue weighted by atomic mass is 9.91. The Morgan fingerprint density at radius 2 is 1.92 bits per heavy atom. The summed E-state index contributed by atoms with van der Waals surface area (Å²) in [5, 5.41) is 4.26. The van der Waals surface area contributed by atoms with Gasteiger partial charge in [-0.1, -0.05) is 37.3 Å². The number of aromatic nitrogens is 2. The minimum atomic E-state index is -0.0823. The minimum absolute atomic E-state index is 0.0769. The summed E-state index contributed by atoms with van der Waals surface area (Å²) in [6, 6.07) is 13.2. The largest absolute Gasteiger partial charge is 0.341 e. The van der Waals surface area contributed by atoms with Crippen LogP contribution in [0.5, 0.6) is 0 Å². The van der Waals surface area contributed by atoms with Gasteiger partial charge >= 0.3 is 0 Å². The van der Waals surface area contributed by atoms with E-state index in [9.17, 15) is 9.59 Å². The molecule has 0 N–H and O–H groups in total. The van der Waals surface area contributed by atoms with Gasteiger partial charge in [-0.3, -0.25) is 9.59 Å². The zero-order valence-electron chi connectivity index (χ0n) is 14.2. The SMILES string of the molecule is CCC(C(=O)N1CC(Cn2nc(C)ccc2=O)C1)c1ccccc1. The number of hydrogen-bond donors (Lipinski definition) is 0. The maximum atomic E-state index is 12.7. The number of rotatable bonds is 5. The third-order valence-electron chi connectivity index (χ3n) is 4.61. The van der Waals surface area contributed by atoms with Crippen LogP contribution in [0.3, 0.4) is 0 Å². The van der Waals surface area contributed by atoms with E-state index in [1.54, 1.807) is 12.1 Å². The Labute approximate surface area is 141 Å². The Hall–Kier alpha value is -2.43. The van der Waals surface area contributed by atoms with E-state index in [2.05, 4.69) is 5.10 Å². The van der Waals surface area contributed by atoms with Crippen LogP contribution in [0, 0.1) is 12.8 Å². The summed E-state index contributed by atoms with van der Waals surface area (Å²) in [5.41, 5.74) is 1.82. The molecular weight excluding hydrogens is 302 g/mol. The molecule has 1 unspecified atom stereocenters. The molecule has 1 aromatic heterocycles. The molecule has 1 aliphatic rings. The van der Waals surface area contributed by atoms with Crippen molar-refractivity contribution in [1.82, 2.24) is 14.7 Å². The molecule has 0 spiro atoms. The summed E-state index contributed by atoms with van der Waals surface area (Å²) in [4.78, 5) is 26.4. The first-order valence-electron chi connectivity index (χ1n) is 8.47. The second-order valence-corrected chi connectivity index (χ2v) is 6.48. The van der Waals surface area contributed by atoms with E-state index in [0.29, 0.717) is 25.6 Å². The molecule has 0 radical (unpaired) electrons. The number of carbonyl (C=O) groups is 1. The standard InChI is InChI=1S/C19H23N3O2/c1-3-17(16-7-5-4-6-8-16)19(24)21-11-15(12-21)13-22-18(23)10-9-14(2)20-22/h4-10,15,17H,3,11-13H2,1-2H3.